The van der Waals surface area contributed by atoms with E-state index >= 15 is 0 Å². The van der Waals surface area contributed by atoms with E-state index in [1.54, 1.807) is 18.2 Å². The third kappa shape index (κ3) is 2.55. The number of carbonyl (C=O) groups excluding carboxylic acids is 2. The van der Waals surface area contributed by atoms with E-state index in [9.17, 15) is 9.59 Å². The van der Waals surface area contributed by atoms with Crippen LogP contribution in [-0.4, -0.2) is 16.8 Å². The van der Waals surface area contributed by atoms with Gasteiger partial charge >= 0.3 is 0 Å². The van der Waals surface area contributed by atoms with E-state index in [-0.39, 0.29) is 18.5 Å². The number of H-pyrrole nitrogens is 1. The van der Waals surface area contributed by atoms with Crippen LogP contribution in [0.3, 0.4) is 0 Å². The summed E-state index contributed by atoms with van der Waals surface area (Å²) in [6.45, 7) is 0.197. The molecule has 0 bridgehead atoms. The van der Waals surface area contributed by atoms with Crippen molar-refractivity contribution < 1.29 is 9.59 Å². The van der Waals surface area contributed by atoms with Gasteiger partial charge in [-0.1, -0.05) is 17.2 Å². The Hall–Kier alpha value is -2.99. The molecule has 0 saturated carbocycles. The minimum Gasteiger partial charge on any atom is -0.369 e. The Balaban J connectivity index is 2.57. The van der Waals surface area contributed by atoms with E-state index in [1.807, 2.05) is 0 Å². The van der Waals surface area contributed by atoms with Crippen LogP contribution in [0.25, 0.3) is 21.3 Å². The summed E-state index contributed by atoms with van der Waals surface area (Å²) in [4.78, 5) is 28.2. The van der Waals surface area contributed by atoms with Gasteiger partial charge in [-0.2, -0.15) is 0 Å². The van der Waals surface area contributed by atoms with Gasteiger partial charge < -0.3 is 16.5 Å². The number of benzene rings is 1. The molecule has 0 aliphatic heterocycles. The first-order valence-electron chi connectivity index (χ1n) is 5.75. The van der Waals surface area contributed by atoms with Crippen LogP contribution in [0.5, 0.6) is 0 Å². The molecule has 0 radical (unpaired) electrons. The van der Waals surface area contributed by atoms with Gasteiger partial charge in [0.1, 0.15) is 0 Å². The molecule has 102 valence electrons. The third-order valence-electron chi connectivity index (χ3n) is 2.85. The summed E-state index contributed by atoms with van der Waals surface area (Å²) < 4.78 is 0. The molecule has 2 rings (SSSR count). The second kappa shape index (κ2) is 5.33. The van der Waals surface area contributed by atoms with Crippen LogP contribution in [0.2, 0.25) is 0 Å². The summed E-state index contributed by atoms with van der Waals surface area (Å²) >= 11 is 0. The highest BCUT2D eigenvalue weighted by Gasteiger charge is 2.17. The van der Waals surface area contributed by atoms with Crippen LogP contribution in [0.4, 0.5) is 0 Å². The van der Waals surface area contributed by atoms with Gasteiger partial charge in [-0.15, -0.1) is 0 Å². The zero-order valence-corrected chi connectivity index (χ0v) is 10.5. The topological polar surface area (TPSA) is 151 Å². The van der Waals surface area contributed by atoms with Crippen LogP contribution in [0.15, 0.2) is 23.3 Å². The zero-order chi connectivity index (χ0) is 14.7. The molecular weight excluding hydrogens is 260 g/mol. The van der Waals surface area contributed by atoms with Gasteiger partial charge in [-0.3, -0.25) is 9.59 Å². The number of azide groups is 1. The van der Waals surface area contributed by atoms with Gasteiger partial charge in [0, 0.05) is 21.5 Å². The monoisotopic (exact) mass is 272 g/mol. The van der Waals surface area contributed by atoms with E-state index in [0.717, 1.165) is 5.56 Å². The first kappa shape index (κ1) is 13.4. The van der Waals surface area contributed by atoms with Gasteiger partial charge in [-0.05, 0) is 17.2 Å². The summed E-state index contributed by atoms with van der Waals surface area (Å²) in [7, 11) is 0. The Bertz CT molecular complexity index is 742. The summed E-state index contributed by atoms with van der Waals surface area (Å²) in [5.74, 6) is -1.19. The lowest BCUT2D eigenvalue weighted by molar-refractivity contribution is -0.117. The molecule has 0 fully saturated rings. The van der Waals surface area contributed by atoms with Crippen molar-refractivity contribution in [2.24, 2.45) is 16.6 Å². The molecule has 2 amide bonds. The number of nitrogens with one attached hydrogen (secondary N) is 1. The number of fused-ring (bicyclic) bond motifs is 1. The van der Waals surface area contributed by atoms with Crippen molar-refractivity contribution in [1.29, 1.82) is 0 Å². The fourth-order valence-corrected chi connectivity index (χ4v) is 2.10. The van der Waals surface area contributed by atoms with Crippen LogP contribution < -0.4 is 11.5 Å². The maximum atomic E-state index is 11.5. The third-order valence-corrected chi connectivity index (χ3v) is 2.85. The van der Waals surface area contributed by atoms with Gasteiger partial charge in [-0.25, -0.2) is 0 Å². The summed E-state index contributed by atoms with van der Waals surface area (Å²) in [6, 6.07) is 5.16. The van der Waals surface area contributed by atoms with Crippen LogP contribution in [0.1, 0.15) is 21.6 Å². The molecule has 0 aliphatic carbocycles. The lowest BCUT2D eigenvalue weighted by Gasteiger charge is -1.98. The predicted octanol–water partition coefficient (Wildman–Crippen LogP) is 1.10. The van der Waals surface area contributed by atoms with Crippen molar-refractivity contribution in [2.45, 2.75) is 13.0 Å². The first-order valence-corrected chi connectivity index (χ1v) is 5.75. The molecule has 1 aromatic carbocycles. The Labute approximate surface area is 113 Å². The van der Waals surface area contributed by atoms with E-state index in [0.29, 0.717) is 16.6 Å². The van der Waals surface area contributed by atoms with Crippen molar-refractivity contribution in [1.82, 2.24) is 4.98 Å². The summed E-state index contributed by atoms with van der Waals surface area (Å²) in [6.07, 6.45) is -0.0986. The van der Waals surface area contributed by atoms with Crippen LogP contribution >= 0.6 is 0 Å². The smallest absolute Gasteiger partial charge is 0.251 e. The van der Waals surface area contributed by atoms with E-state index in [2.05, 4.69) is 15.0 Å². The van der Waals surface area contributed by atoms with Crippen molar-refractivity contribution in [3.63, 3.8) is 0 Å². The van der Waals surface area contributed by atoms with Crippen LogP contribution in [-0.2, 0) is 17.8 Å². The molecule has 0 aliphatic rings. The number of nitrogens with zero attached hydrogens (tertiary/aromatic N) is 3. The lowest BCUT2D eigenvalue weighted by Crippen LogP contribution is -2.18. The van der Waals surface area contributed by atoms with Crippen molar-refractivity contribution >= 4 is 22.7 Å². The molecule has 0 spiro atoms. The number of primary amides is 2. The Morgan fingerprint density at radius 2 is 2.10 bits per heavy atom. The maximum absolute atomic E-state index is 11.5. The molecule has 0 unspecified atom stereocenters. The first-order chi connectivity index (χ1) is 9.52. The second-order valence-corrected chi connectivity index (χ2v) is 4.25. The van der Waals surface area contributed by atoms with Crippen molar-refractivity contribution in [2.75, 3.05) is 0 Å². The molecule has 2 aromatic rings. The molecule has 20 heavy (non-hydrogen) atoms. The van der Waals surface area contributed by atoms with Crippen molar-refractivity contribution in [3.05, 3.63) is 45.5 Å². The standard InChI is InChI=1S/C12H12N6O2/c13-10(19)4-9-11(12(14)20)7-2-1-6(5-16-18-15)3-8(7)17-9/h1-3,17H,4-5H2,(H2,13,19)(H2,14,20). The minimum absolute atomic E-state index is 0.0986. The average Bonchev–Trinajstić information content (AvgIpc) is 2.72. The highest BCUT2D eigenvalue weighted by atomic mass is 16.1. The number of rotatable bonds is 5. The predicted molar refractivity (Wildman–Crippen MR) is 72.6 cm³/mol. The second-order valence-electron chi connectivity index (χ2n) is 4.25. The fraction of sp³-hybridized carbons (Fsp3) is 0.167. The normalized spacial score (nSPS) is 10.2. The van der Waals surface area contributed by atoms with Crippen LogP contribution in [0, 0.1) is 0 Å². The van der Waals surface area contributed by atoms with Gasteiger partial charge in [0.2, 0.25) is 5.91 Å². The molecule has 1 heterocycles. The number of amides is 2. The molecule has 5 N–H and O–H groups in total. The largest absolute Gasteiger partial charge is 0.369 e. The number of hydrogen-bond acceptors (Lipinski definition) is 3. The minimum atomic E-state index is -0.629. The Morgan fingerprint density at radius 1 is 1.35 bits per heavy atom. The van der Waals surface area contributed by atoms with E-state index in [1.165, 1.54) is 0 Å². The highest BCUT2D eigenvalue weighted by molar-refractivity contribution is 6.08. The number of hydrogen-bond donors (Lipinski definition) is 3. The quantitative estimate of drug-likeness (QED) is 0.424. The van der Waals surface area contributed by atoms with E-state index in [4.69, 9.17) is 17.0 Å². The fourth-order valence-electron chi connectivity index (χ4n) is 2.10. The number of carbonyl (C=O) groups is 2. The highest BCUT2D eigenvalue weighted by Crippen LogP contribution is 2.24. The molecule has 0 saturated heterocycles. The van der Waals surface area contributed by atoms with Crippen molar-refractivity contribution in [3.8, 4) is 0 Å². The summed E-state index contributed by atoms with van der Waals surface area (Å²) in [5.41, 5.74) is 20.8. The summed E-state index contributed by atoms with van der Waals surface area (Å²) in [5, 5.41) is 4.07. The molecule has 8 nitrogen and oxygen atoms in total. The number of aromatic amines is 1. The van der Waals surface area contributed by atoms with Gasteiger partial charge in [0.05, 0.1) is 18.5 Å². The number of aromatic nitrogens is 1. The molecule has 0 atom stereocenters. The molecule has 8 heteroatoms. The number of nitrogens with two attached hydrogens (primary N) is 2. The average molecular weight is 272 g/mol. The maximum Gasteiger partial charge on any atom is 0.251 e. The molecular formula is C12H12N6O2. The van der Waals surface area contributed by atoms with Gasteiger partial charge in [0.25, 0.3) is 5.91 Å². The Morgan fingerprint density at radius 3 is 2.70 bits per heavy atom. The van der Waals surface area contributed by atoms with Gasteiger partial charge in [0.15, 0.2) is 0 Å². The zero-order valence-electron chi connectivity index (χ0n) is 10.5. The SMILES string of the molecule is [N-]=[N+]=NCc1ccc2c(C(N)=O)c(CC(N)=O)[nH]c2c1. The lowest BCUT2D eigenvalue weighted by atomic mass is 10.1. The van der Waals surface area contributed by atoms with E-state index < -0.39 is 11.8 Å². The molecule has 1 aromatic heterocycles. The Kier molecular flexibility index (Phi) is 3.58.